The van der Waals surface area contributed by atoms with Gasteiger partial charge in [-0.1, -0.05) is 24.3 Å². The molecule has 2 amide bonds. The third-order valence-corrected chi connectivity index (χ3v) is 2.70. The summed E-state index contributed by atoms with van der Waals surface area (Å²) in [5, 5.41) is 6.31. The molecule has 0 fully saturated rings. The highest BCUT2D eigenvalue weighted by Crippen LogP contribution is 2.11. The monoisotopic (exact) mass is 257 g/mol. The van der Waals surface area contributed by atoms with Crippen molar-refractivity contribution in [3.8, 4) is 0 Å². The van der Waals surface area contributed by atoms with Gasteiger partial charge in [0.25, 0.3) is 5.91 Å². The average molecular weight is 257 g/mol. The van der Waals surface area contributed by atoms with Crippen LogP contribution in [0.2, 0.25) is 0 Å². The van der Waals surface area contributed by atoms with E-state index in [4.69, 9.17) is 0 Å². The summed E-state index contributed by atoms with van der Waals surface area (Å²) in [7, 11) is 0. The van der Waals surface area contributed by atoms with E-state index >= 15 is 0 Å². The SMILES string of the molecule is O=CNCCCNC(=O)c1ccc2ccccc2n1. The summed E-state index contributed by atoms with van der Waals surface area (Å²) in [6.07, 6.45) is 1.34. The summed E-state index contributed by atoms with van der Waals surface area (Å²) in [6, 6.07) is 11.2. The molecule has 5 nitrogen and oxygen atoms in total. The first-order valence-electron chi connectivity index (χ1n) is 6.12. The van der Waals surface area contributed by atoms with Crippen LogP contribution in [0.1, 0.15) is 16.9 Å². The third-order valence-electron chi connectivity index (χ3n) is 2.70. The second-order valence-electron chi connectivity index (χ2n) is 4.07. The lowest BCUT2D eigenvalue weighted by Gasteiger charge is -2.05. The number of carbonyl (C=O) groups is 2. The Morgan fingerprint density at radius 2 is 2.00 bits per heavy atom. The first kappa shape index (κ1) is 13.0. The van der Waals surface area contributed by atoms with Crippen molar-refractivity contribution in [2.45, 2.75) is 6.42 Å². The molecular weight excluding hydrogens is 242 g/mol. The van der Waals surface area contributed by atoms with Crippen LogP contribution in [0.3, 0.4) is 0 Å². The van der Waals surface area contributed by atoms with Crippen LogP contribution in [0, 0.1) is 0 Å². The number of carbonyl (C=O) groups excluding carboxylic acids is 2. The molecule has 5 heteroatoms. The largest absolute Gasteiger partial charge is 0.359 e. The number of amides is 2. The number of aromatic nitrogens is 1. The second-order valence-corrected chi connectivity index (χ2v) is 4.07. The summed E-state index contributed by atoms with van der Waals surface area (Å²) >= 11 is 0. The van der Waals surface area contributed by atoms with Crippen LogP contribution in [0.15, 0.2) is 36.4 Å². The van der Waals surface area contributed by atoms with E-state index in [9.17, 15) is 9.59 Å². The summed E-state index contributed by atoms with van der Waals surface area (Å²) in [5.74, 6) is -0.197. The minimum Gasteiger partial charge on any atom is -0.359 e. The van der Waals surface area contributed by atoms with Crippen LogP contribution in [-0.2, 0) is 4.79 Å². The zero-order valence-electron chi connectivity index (χ0n) is 10.4. The number of nitrogens with zero attached hydrogens (tertiary/aromatic N) is 1. The van der Waals surface area contributed by atoms with Crippen molar-refractivity contribution >= 4 is 23.2 Å². The van der Waals surface area contributed by atoms with Crippen molar-refractivity contribution in [1.29, 1.82) is 0 Å². The zero-order chi connectivity index (χ0) is 13.5. The summed E-state index contributed by atoms with van der Waals surface area (Å²) in [6.45, 7) is 1.06. The van der Waals surface area contributed by atoms with Crippen molar-refractivity contribution in [3.05, 3.63) is 42.1 Å². The molecule has 0 saturated carbocycles. The molecule has 2 aromatic rings. The van der Waals surface area contributed by atoms with E-state index in [1.54, 1.807) is 6.07 Å². The normalized spacial score (nSPS) is 10.1. The van der Waals surface area contributed by atoms with E-state index in [-0.39, 0.29) is 5.91 Å². The Morgan fingerprint density at radius 1 is 1.16 bits per heavy atom. The van der Waals surface area contributed by atoms with Gasteiger partial charge in [0.05, 0.1) is 5.52 Å². The molecule has 0 atom stereocenters. The van der Waals surface area contributed by atoms with Gasteiger partial charge in [-0.3, -0.25) is 9.59 Å². The Labute approximate surface area is 111 Å². The number of rotatable bonds is 6. The fourth-order valence-corrected chi connectivity index (χ4v) is 1.73. The first-order chi connectivity index (χ1) is 9.31. The number of benzene rings is 1. The molecule has 98 valence electrons. The molecule has 1 aromatic heterocycles. The minimum atomic E-state index is -0.197. The van der Waals surface area contributed by atoms with Crippen molar-refractivity contribution in [2.75, 3.05) is 13.1 Å². The van der Waals surface area contributed by atoms with Gasteiger partial charge in [0.2, 0.25) is 6.41 Å². The molecule has 0 aliphatic heterocycles. The lowest BCUT2D eigenvalue weighted by atomic mass is 10.2. The lowest BCUT2D eigenvalue weighted by Crippen LogP contribution is -2.27. The summed E-state index contributed by atoms with van der Waals surface area (Å²) in [5.41, 5.74) is 1.21. The summed E-state index contributed by atoms with van der Waals surface area (Å²) in [4.78, 5) is 26.2. The molecule has 0 bridgehead atoms. The van der Waals surface area contributed by atoms with Crippen molar-refractivity contribution in [3.63, 3.8) is 0 Å². The fraction of sp³-hybridized carbons (Fsp3) is 0.214. The predicted molar refractivity (Wildman–Crippen MR) is 72.8 cm³/mol. The number of hydrogen-bond donors (Lipinski definition) is 2. The number of para-hydroxylation sites is 1. The highest BCUT2D eigenvalue weighted by Gasteiger charge is 2.06. The Hall–Kier alpha value is -2.43. The first-order valence-corrected chi connectivity index (χ1v) is 6.12. The predicted octanol–water partition coefficient (Wildman–Crippen LogP) is 1.10. The van der Waals surface area contributed by atoms with Crippen molar-refractivity contribution in [1.82, 2.24) is 15.6 Å². The topological polar surface area (TPSA) is 71.1 Å². The highest BCUT2D eigenvalue weighted by molar-refractivity contribution is 5.94. The number of fused-ring (bicyclic) bond motifs is 1. The molecular formula is C14H15N3O2. The molecule has 1 aromatic carbocycles. The molecule has 0 spiro atoms. The van der Waals surface area contributed by atoms with Gasteiger partial charge in [-0.15, -0.1) is 0 Å². The van der Waals surface area contributed by atoms with E-state index in [2.05, 4.69) is 15.6 Å². The molecule has 2 rings (SSSR count). The maximum atomic E-state index is 11.9. The van der Waals surface area contributed by atoms with Crippen LogP contribution >= 0.6 is 0 Å². The maximum Gasteiger partial charge on any atom is 0.269 e. The molecule has 19 heavy (non-hydrogen) atoms. The minimum absolute atomic E-state index is 0.197. The van der Waals surface area contributed by atoms with E-state index in [0.29, 0.717) is 31.6 Å². The lowest BCUT2D eigenvalue weighted by molar-refractivity contribution is -0.109. The van der Waals surface area contributed by atoms with Gasteiger partial charge in [-0.25, -0.2) is 4.98 Å². The quantitative estimate of drug-likeness (QED) is 0.601. The fourth-order valence-electron chi connectivity index (χ4n) is 1.73. The van der Waals surface area contributed by atoms with E-state index in [0.717, 1.165) is 10.9 Å². The van der Waals surface area contributed by atoms with E-state index < -0.39 is 0 Å². The Bertz CT molecular complexity index is 584. The van der Waals surface area contributed by atoms with Gasteiger partial charge < -0.3 is 10.6 Å². The highest BCUT2D eigenvalue weighted by atomic mass is 16.2. The zero-order valence-corrected chi connectivity index (χ0v) is 10.4. The molecule has 0 unspecified atom stereocenters. The van der Waals surface area contributed by atoms with Gasteiger partial charge >= 0.3 is 0 Å². The third kappa shape index (κ3) is 3.51. The molecule has 0 saturated heterocycles. The molecule has 0 aliphatic rings. The van der Waals surface area contributed by atoms with Crippen molar-refractivity contribution < 1.29 is 9.59 Å². The van der Waals surface area contributed by atoms with Crippen molar-refractivity contribution in [2.24, 2.45) is 0 Å². The standard InChI is InChI=1S/C14H15N3O2/c18-10-15-8-3-9-16-14(19)13-7-6-11-4-1-2-5-12(11)17-13/h1-2,4-7,10H,3,8-9H2,(H,15,18)(H,16,19). The maximum absolute atomic E-state index is 11.9. The van der Waals surface area contributed by atoms with E-state index in [1.165, 1.54) is 0 Å². The smallest absolute Gasteiger partial charge is 0.269 e. The van der Waals surface area contributed by atoms with Gasteiger partial charge in [0.1, 0.15) is 5.69 Å². The van der Waals surface area contributed by atoms with E-state index in [1.807, 2.05) is 30.3 Å². The Balaban J connectivity index is 1.95. The molecule has 1 heterocycles. The number of nitrogens with one attached hydrogen (secondary N) is 2. The average Bonchev–Trinajstić information content (AvgIpc) is 2.46. The van der Waals surface area contributed by atoms with Crippen LogP contribution in [0.4, 0.5) is 0 Å². The number of pyridine rings is 1. The van der Waals surface area contributed by atoms with Crippen LogP contribution in [0.25, 0.3) is 10.9 Å². The Kier molecular flexibility index (Phi) is 4.44. The van der Waals surface area contributed by atoms with Gasteiger partial charge in [-0.2, -0.15) is 0 Å². The molecule has 0 radical (unpaired) electrons. The van der Waals surface area contributed by atoms with Gasteiger partial charge in [0, 0.05) is 18.5 Å². The van der Waals surface area contributed by atoms with Gasteiger partial charge in [-0.05, 0) is 18.6 Å². The van der Waals surface area contributed by atoms with Gasteiger partial charge in [0.15, 0.2) is 0 Å². The Morgan fingerprint density at radius 3 is 2.84 bits per heavy atom. The van der Waals surface area contributed by atoms with Crippen LogP contribution in [0.5, 0.6) is 0 Å². The molecule has 2 N–H and O–H groups in total. The summed E-state index contributed by atoms with van der Waals surface area (Å²) < 4.78 is 0. The van der Waals surface area contributed by atoms with Crippen LogP contribution in [-0.4, -0.2) is 30.4 Å². The van der Waals surface area contributed by atoms with Crippen LogP contribution < -0.4 is 10.6 Å². The molecule has 0 aliphatic carbocycles. The number of hydrogen-bond acceptors (Lipinski definition) is 3. The second kappa shape index (κ2) is 6.49.